The molecule has 5 nitrogen and oxygen atoms in total. The minimum Gasteiger partial charge on any atom is -0.493 e. The van der Waals surface area contributed by atoms with Crippen molar-refractivity contribution in [1.82, 2.24) is 4.90 Å². The number of amides is 1. The molecule has 2 fully saturated rings. The number of halogens is 2. The first-order chi connectivity index (χ1) is 15.4. The maximum Gasteiger partial charge on any atom is 0.266 e. The van der Waals surface area contributed by atoms with Gasteiger partial charge in [0.2, 0.25) is 0 Å². The van der Waals surface area contributed by atoms with E-state index in [1.54, 1.807) is 12.0 Å². The quantitative estimate of drug-likeness (QED) is 0.306. The largest absolute Gasteiger partial charge is 0.493 e. The Morgan fingerprint density at radius 2 is 2.12 bits per heavy atom. The van der Waals surface area contributed by atoms with Crippen LogP contribution >= 0.6 is 51.5 Å². The van der Waals surface area contributed by atoms with Crippen molar-refractivity contribution in [3.8, 4) is 11.5 Å². The molecule has 0 aliphatic carbocycles. The minimum atomic E-state index is -0.0892. The van der Waals surface area contributed by atoms with Gasteiger partial charge in [0.1, 0.15) is 10.9 Å². The van der Waals surface area contributed by atoms with Crippen molar-refractivity contribution in [3.05, 3.63) is 61.9 Å². The zero-order valence-corrected chi connectivity index (χ0v) is 21.3. The Hall–Kier alpha value is -1.58. The number of carbonyl (C=O) groups excluding carboxylic acids is 1. The number of thiocarbonyl (C=S) groups is 1. The molecule has 32 heavy (non-hydrogen) atoms. The van der Waals surface area contributed by atoms with Gasteiger partial charge in [-0.05, 0) is 70.2 Å². The molecule has 2 aliphatic rings. The summed E-state index contributed by atoms with van der Waals surface area (Å²) in [5, 5.41) is 0.679. The van der Waals surface area contributed by atoms with Gasteiger partial charge < -0.3 is 14.2 Å². The lowest BCUT2D eigenvalue weighted by Gasteiger charge is -2.18. The molecule has 0 saturated carbocycles. The Morgan fingerprint density at radius 1 is 1.34 bits per heavy atom. The Bertz CT molecular complexity index is 1050. The van der Waals surface area contributed by atoms with E-state index in [4.69, 9.17) is 38.0 Å². The third-order valence-corrected chi connectivity index (χ3v) is 7.35. The monoisotopic (exact) mass is 553 g/mol. The van der Waals surface area contributed by atoms with Gasteiger partial charge in [-0.1, -0.05) is 47.7 Å². The summed E-state index contributed by atoms with van der Waals surface area (Å²) in [5.74, 6) is 1.06. The molecular formula is C23H21BrClNO4S2. The summed E-state index contributed by atoms with van der Waals surface area (Å²) >= 11 is 16.3. The average molecular weight is 555 g/mol. The zero-order valence-electron chi connectivity index (χ0n) is 17.3. The first-order valence-electron chi connectivity index (χ1n) is 10.1. The second-order valence-corrected chi connectivity index (χ2v) is 10.3. The van der Waals surface area contributed by atoms with E-state index in [1.165, 1.54) is 11.8 Å². The molecular weight excluding hydrogens is 534 g/mol. The minimum absolute atomic E-state index is 0.0585. The molecule has 168 valence electrons. The number of benzene rings is 2. The third-order valence-electron chi connectivity index (χ3n) is 5.13. The number of hydrogen-bond donors (Lipinski definition) is 0. The third kappa shape index (κ3) is 5.48. The molecule has 0 N–H and O–H groups in total. The van der Waals surface area contributed by atoms with Crippen LogP contribution in [-0.2, 0) is 16.1 Å². The number of rotatable bonds is 7. The van der Waals surface area contributed by atoms with Gasteiger partial charge >= 0.3 is 0 Å². The van der Waals surface area contributed by atoms with Gasteiger partial charge in [-0.25, -0.2) is 0 Å². The first kappa shape index (κ1) is 23.6. The second kappa shape index (κ2) is 10.6. The first-order valence-corrected chi connectivity index (χ1v) is 12.5. The maximum absolute atomic E-state index is 12.9. The van der Waals surface area contributed by atoms with Crippen LogP contribution in [0.2, 0.25) is 5.02 Å². The van der Waals surface area contributed by atoms with Crippen LogP contribution in [0, 0.1) is 0 Å². The fourth-order valence-electron chi connectivity index (χ4n) is 3.50. The summed E-state index contributed by atoms with van der Waals surface area (Å²) in [6, 6.07) is 11.2. The highest BCUT2D eigenvalue weighted by atomic mass is 79.9. The molecule has 2 saturated heterocycles. The summed E-state index contributed by atoms with van der Waals surface area (Å²) in [6.07, 6.45) is 3.86. The van der Waals surface area contributed by atoms with Crippen LogP contribution in [0.15, 0.2) is 45.8 Å². The molecule has 0 bridgehead atoms. The van der Waals surface area contributed by atoms with Crippen LogP contribution < -0.4 is 9.47 Å². The van der Waals surface area contributed by atoms with Crippen molar-refractivity contribution in [3.63, 3.8) is 0 Å². The lowest BCUT2D eigenvalue weighted by atomic mass is 10.1. The average Bonchev–Trinajstić information content (AvgIpc) is 3.38. The molecule has 0 aromatic heterocycles. The molecule has 2 aromatic rings. The molecule has 2 aliphatic heterocycles. The summed E-state index contributed by atoms with van der Waals surface area (Å²) in [5.41, 5.74) is 1.80. The predicted molar refractivity (Wildman–Crippen MR) is 135 cm³/mol. The molecule has 4 rings (SSSR count). The van der Waals surface area contributed by atoms with E-state index in [9.17, 15) is 4.79 Å². The van der Waals surface area contributed by atoms with Crippen molar-refractivity contribution in [2.75, 3.05) is 20.3 Å². The smallest absolute Gasteiger partial charge is 0.266 e. The van der Waals surface area contributed by atoms with Crippen LogP contribution in [0.3, 0.4) is 0 Å². The van der Waals surface area contributed by atoms with E-state index in [0.717, 1.165) is 35.0 Å². The number of ether oxygens (including phenoxy) is 3. The molecule has 9 heteroatoms. The SMILES string of the molecule is COc1cc(/C=C2\SC(=S)N(C[C@H]3CCCO3)C2=O)cc(Br)c1OCc1ccc(Cl)cc1. The van der Waals surface area contributed by atoms with Gasteiger partial charge in [-0.15, -0.1) is 0 Å². The summed E-state index contributed by atoms with van der Waals surface area (Å²) in [4.78, 5) is 15.1. The Labute approximate surface area is 210 Å². The van der Waals surface area contributed by atoms with Gasteiger partial charge in [0.25, 0.3) is 5.91 Å². The van der Waals surface area contributed by atoms with E-state index in [-0.39, 0.29) is 12.0 Å². The van der Waals surface area contributed by atoms with Crippen LogP contribution in [0.25, 0.3) is 6.08 Å². The number of carbonyl (C=O) groups is 1. The van der Waals surface area contributed by atoms with Gasteiger partial charge in [0.05, 0.1) is 29.1 Å². The van der Waals surface area contributed by atoms with E-state index < -0.39 is 0 Å². The Kier molecular flexibility index (Phi) is 7.78. The molecule has 0 unspecified atom stereocenters. The van der Waals surface area contributed by atoms with Crippen LogP contribution in [0.1, 0.15) is 24.0 Å². The molecule has 1 amide bonds. The number of methoxy groups -OCH3 is 1. The molecule has 2 aromatic carbocycles. The zero-order chi connectivity index (χ0) is 22.7. The number of hydrogen-bond acceptors (Lipinski definition) is 6. The van der Waals surface area contributed by atoms with Gasteiger partial charge in [-0.2, -0.15) is 0 Å². The van der Waals surface area contributed by atoms with E-state index in [1.807, 2.05) is 42.5 Å². The highest BCUT2D eigenvalue weighted by molar-refractivity contribution is 9.10. The highest BCUT2D eigenvalue weighted by Crippen LogP contribution is 2.39. The van der Waals surface area contributed by atoms with Crippen LogP contribution in [0.4, 0.5) is 0 Å². The fraction of sp³-hybridized carbons (Fsp3) is 0.304. The highest BCUT2D eigenvalue weighted by Gasteiger charge is 2.34. The summed E-state index contributed by atoms with van der Waals surface area (Å²) in [6.45, 7) is 1.62. The molecule has 2 heterocycles. The van der Waals surface area contributed by atoms with Gasteiger partial charge in [0.15, 0.2) is 11.5 Å². The van der Waals surface area contributed by atoms with Crippen molar-refractivity contribution >= 4 is 67.8 Å². The van der Waals surface area contributed by atoms with Crippen molar-refractivity contribution in [2.24, 2.45) is 0 Å². The Morgan fingerprint density at radius 3 is 2.81 bits per heavy atom. The van der Waals surface area contributed by atoms with Crippen molar-refractivity contribution in [1.29, 1.82) is 0 Å². The molecule has 0 spiro atoms. The van der Waals surface area contributed by atoms with Gasteiger partial charge in [0, 0.05) is 11.6 Å². The van der Waals surface area contributed by atoms with E-state index in [2.05, 4.69) is 15.9 Å². The van der Waals surface area contributed by atoms with E-state index >= 15 is 0 Å². The van der Waals surface area contributed by atoms with Crippen molar-refractivity contribution in [2.45, 2.75) is 25.6 Å². The van der Waals surface area contributed by atoms with E-state index in [0.29, 0.717) is 38.9 Å². The number of thioether (sulfide) groups is 1. The topological polar surface area (TPSA) is 48.0 Å². The summed E-state index contributed by atoms with van der Waals surface area (Å²) < 4.78 is 18.5. The summed E-state index contributed by atoms with van der Waals surface area (Å²) in [7, 11) is 1.59. The molecule has 1 atom stereocenters. The maximum atomic E-state index is 12.9. The fourth-order valence-corrected chi connectivity index (χ4v) is 5.48. The predicted octanol–water partition coefficient (Wildman–Crippen LogP) is 6.07. The van der Waals surface area contributed by atoms with Crippen LogP contribution in [-0.4, -0.2) is 41.5 Å². The lowest BCUT2D eigenvalue weighted by molar-refractivity contribution is -0.123. The second-order valence-electron chi connectivity index (χ2n) is 7.38. The normalized spacial score (nSPS) is 19.8. The van der Waals surface area contributed by atoms with Crippen LogP contribution in [0.5, 0.6) is 11.5 Å². The lowest BCUT2D eigenvalue weighted by Crippen LogP contribution is -2.35. The van der Waals surface area contributed by atoms with Crippen molar-refractivity contribution < 1.29 is 19.0 Å². The standard InChI is InChI=1S/C23H21BrClNO4S2/c1-28-19-10-15(9-18(24)21(19)30-13-14-4-6-16(25)7-5-14)11-20-22(27)26(23(31)32-20)12-17-3-2-8-29-17/h4-7,9-11,17H,2-3,8,12-13H2,1H3/b20-11-/t17-/m1/s1. The Balaban J connectivity index is 1.50. The number of nitrogens with zero attached hydrogens (tertiary/aromatic N) is 1. The molecule has 0 radical (unpaired) electrons. The van der Waals surface area contributed by atoms with Gasteiger partial charge in [-0.3, -0.25) is 9.69 Å².